The maximum atomic E-state index is 13.3. The van der Waals surface area contributed by atoms with E-state index in [9.17, 15) is 14.5 Å². The van der Waals surface area contributed by atoms with E-state index in [4.69, 9.17) is 4.74 Å². The van der Waals surface area contributed by atoms with Crippen molar-refractivity contribution < 1.29 is 14.1 Å². The summed E-state index contributed by atoms with van der Waals surface area (Å²) in [5, 5.41) is 10.4. The third-order valence-electron chi connectivity index (χ3n) is 1.92. The number of hydrogen-bond donors (Lipinski definition) is 0. The summed E-state index contributed by atoms with van der Waals surface area (Å²) in [4.78, 5) is 11.6. The van der Waals surface area contributed by atoms with Crippen molar-refractivity contribution in [1.82, 2.24) is 4.90 Å². The smallest absolute Gasteiger partial charge is 0.272 e. The average molecular weight is 228 g/mol. The molecule has 88 valence electrons. The zero-order chi connectivity index (χ0) is 12.1. The number of hydrogen-bond acceptors (Lipinski definition) is 4. The first-order valence-electron chi connectivity index (χ1n) is 4.72. The molecule has 0 aliphatic carbocycles. The SMILES string of the molecule is CN(C)CCOc1ccc([N+](=O)[O-])cc1F. The van der Waals surface area contributed by atoms with Gasteiger partial charge in [0.1, 0.15) is 6.61 Å². The van der Waals surface area contributed by atoms with Gasteiger partial charge in [0, 0.05) is 12.6 Å². The number of nitrogens with zero attached hydrogens (tertiary/aromatic N) is 2. The van der Waals surface area contributed by atoms with Crippen LogP contribution < -0.4 is 4.74 Å². The molecule has 0 unspecified atom stereocenters. The summed E-state index contributed by atoms with van der Waals surface area (Å²) in [6.07, 6.45) is 0. The van der Waals surface area contributed by atoms with Gasteiger partial charge in [0.05, 0.1) is 11.0 Å². The molecule has 0 aromatic heterocycles. The molecule has 0 radical (unpaired) electrons. The quantitative estimate of drug-likeness (QED) is 0.568. The number of nitro benzene ring substituents is 1. The summed E-state index contributed by atoms with van der Waals surface area (Å²) < 4.78 is 18.4. The maximum absolute atomic E-state index is 13.3. The van der Waals surface area contributed by atoms with E-state index in [1.54, 1.807) is 0 Å². The second kappa shape index (κ2) is 5.41. The van der Waals surface area contributed by atoms with Gasteiger partial charge in [-0.2, -0.15) is 0 Å². The minimum Gasteiger partial charge on any atom is -0.489 e. The zero-order valence-corrected chi connectivity index (χ0v) is 9.14. The van der Waals surface area contributed by atoms with E-state index in [0.717, 1.165) is 6.07 Å². The van der Waals surface area contributed by atoms with Crippen LogP contribution in [0.5, 0.6) is 5.75 Å². The summed E-state index contributed by atoms with van der Waals surface area (Å²) in [5.41, 5.74) is -0.280. The van der Waals surface area contributed by atoms with Crippen molar-refractivity contribution in [1.29, 1.82) is 0 Å². The van der Waals surface area contributed by atoms with E-state index in [2.05, 4.69) is 0 Å². The lowest BCUT2D eigenvalue weighted by Gasteiger charge is -2.11. The summed E-state index contributed by atoms with van der Waals surface area (Å²) in [6.45, 7) is 0.984. The Morgan fingerprint density at radius 3 is 2.69 bits per heavy atom. The van der Waals surface area contributed by atoms with E-state index in [-0.39, 0.29) is 11.4 Å². The first-order chi connectivity index (χ1) is 7.50. The Hall–Kier alpha value is -1.69. The second-order valence-corrected chi connectivity index (χ2v) is 3.52. The molecule has 0 amide bonds. The highest BCUT2D eigenvalue weighted by Crippen LogP contribution is 2.22. The minimum absolute atomic E-state index is 0.0347. The standard InChI is InChI=1S/C10H13FN2O3/c1-12(2)5-6-16-10-4-3-8(13(14)15)7-9(10)11/h3-4,7H,5-6H2,1-2H3. The Balaban J connectivity index is 2.64. The number of nitro groups is 1. The summed E-state index contributed by atoms with van der Waals surface area (Å²) in [7, 11) is 3.74. The first kappa shape index (κ1) is 12.4. The molecule has 0 aliphatic rings. The fourth-order valence-electron chi connectivity index (χ4n) is 1.06. The molecule has 0 N–H and O–H groups in total. The highest BCUT2D eigenvalue weighted by molar-refractivity contribution is 5.37. The molecule has 0 atom stereocenters. The lowest BCUT2D eigenvalue weighted by atomic mass is 10.3. The van der Waals surface area contributed by atoms with Crippen molar-refractivity contribution in [3.63, 3.8) is 0 Å². The second-order valence-electron chi connectivity index (χ2n) is 3.52. The van der Waals surface area contributed by atoms with Crippen molar-refractivity contribution in [3.8, 4) is 5.75 Å². The van der Waals surface area contributed by atoms with Crippen LogP contribution in [0.2, 0.25) is 0 Å². The van der Waals surface area contributed by atoms with Gasteiger partial charge in [-0.05, 0) is 20.2 Å². The van der Waals surface area contributed by atoms with Gasteiger partial charge in [-0.3, -0.25) is 10.1 Å². The molecule has 1 aromatic carbocycles. The molecule has 0 saturated heterocycles. The normalized spacial score (nSPS) is 10.5. The van der Waals surface area contributed by atoms with E-state index < -0.39 is 10.7 Å². The predicted molar refractivity (Wildman–Crippen MR) is 57.1 cm³/mol. The third kappa shape index (κ3) is 3.47. The van der Waals surface area contributed by atoms with Gasteiger partial charge in [0.25, 0.3) is 5.69 Å². The summed E-state index contributed by atoms with van der Waals surface area (Å²) in [6, 6.07) is 3.34. The van der Waals surface area contributed by atoms with Crippen LogP contribution in [-0.4, -0.2) is 37.1 Å². The molecule has 0 bridgehead atoms. The average Bonchev–Trinajstić information content (AvgIpc) is 2.19. The van der Waals surface area contributed by atoms with Crippen molar-refractivity contribution in [3.05, 3.63) is 34.1 Å². The molecular formula is C10H13FN2O3. The fraction of sp³-hybridized carbons (Fsp3) is 0.400. The fourth-order valence-corrected chi connectivity index (χ4v) is 1.06. The predicted octanol–water partition coefficient (Wildman–Crippen LogP) is 1.67. The van der Waals surface area contributed by atoms with E-state index in [1.165, 1.54) is 12.1 Å². The highest BCUT2D eigenvalue weighted by Gasteiger charge is 2.11. The summed E-state index contributed by atoms with van der Waals surface area (Å²) >= 11 is 0. The number of benzene rings is 1. The lowest BCUT2D eigenvalue weighted by Crippen LogP contribution is -2.19. The van der Waals surface area contributed by atoms with Gasteiger partial charge < -0.3 is 9.64 Å². The Bertz CT molecular complexity index is 382. The van der Waals surface area contributed by atoms with E-state index in [0.29, 0.717) is 13.2 Å². The highest BCUT2D eigenvalue weighted by atomic mass is 19.1. The molecule has 0 saturated carbocycles. The van der Waals surface area contributed by atoms with E-state index in [1.807, 2.05) is 19.0 Å². The Kier molecular flexibility index (Phi) is 4.19. The lowest BCUT2D eigenvalue weighted by molar-refractivity contribution is -0.385. The van der Waals surface area contributed by atoms with Crippen molar-refractivity contribution >= 4 is 5.69 Å². The molecule has 1 rings (SSSR count). The van der Waals surface area contributed by atoms with Gasteiger partial charge in [-0.15, -0.1) is 0 Å². The number of non-ortho nitro benzene ring substituents is 1. The Labute approximate surface area is 92.6 Å². The van der Waals surface area contributed by atoms with Crippen molar-refractivity contribution in [2.24, 2.45) is 0 Å². The maximum Gasteiger partial charge on any atom is 0.272 e. The van der Waals surface area contributed by atoms with Crippen molar-refractivity contribution in [2.45, 2.75) is 0 Å². The van der Waals surface area contributed by atoms with Crippen LogP contribution in [0.15, 0.2) is 18.2 Å². The van der Waals surface area contributed by atoms with E-state index >= 15 is 0 Å². The van der Waals surface area contributed by atoms with Crippen LogP contribution >= 0.6 is 0 Å². The molecule has 16 heavy (non-hydrogen) atoms. The molecule has 1 aromatic rings. The topological polar surface area (TPSA) is 55.6 Å². The monoisotopic (exact) mass is 228 g/mol. The van der Waals surface area contributed by atoms with Gasteiger partial charge in [-0.1, -0.05) is 0 Å². The molecule has 0 aliphatic heterocycles. The third-order valence-corrected chi connectivity index (χ3v) is 1.92. The minimum atomic E-state index is -0.715. The molecule has 5 nitrogen and oxygen atoms in total. The van der Waals surface area contributed by atoms with Crippen molar-refractivity contribution in [2.75, 3.05) is 27.2 Å². The number of rotatable bonds is 5. The molecule has 0 heterocycles. The molecular weight excluding hydrogens is 215 g/mol. The molecule has 0 fully saturated rings. The van der Waals surface area contributed by atoms with Crippen LogP contribution in [0.3, 0.4) is 0 Å². The molecule has 6 heteroatoms. The zero-order valence-electron chi connectivity index (χ0n) is 9.14. The van der Waals surface area contributed by atoms with Crippen LogP contribution in [0.4, 0.5) is 10.1 Å². The summed E-state index contributed by atoms with van der Waals surface area (Å²) in [5.74, 6) is -0.680. The first-order valence-corrected chi connectivity index (χ1v) is 4.72. The Morgan fingerprint density at radius 1 is 1.50 bits per heavy atom. The van der Waals surface area contributed by atoms with Crippen LogP contribution in [0.25, 0.3) is 0 Å². The number of likely N-dealkylation sites (N-methyl/N-ethyl adjacent to an activating group) is 1. The van der Waals surface area contributed by atoms with Gasteiger partial charge >= 0.3 is 0 Å². The molecule has 0 spiro atoms. The van der Waals surface area contributed by atoms with Gasteiger partial charge in [0.15, 0.2) is 11.6 Å². The number of ether oxygens (including phenoxy) is 1. The van der Waals surface area contributed by atoms with Crippen LogP contribution in [0, 0.1) is 15.9 Å². The van der Waals surface area contributed by atoms with Gasteiger partial charge in [0.2, 0.25) is 0 Å². The van der Waals surface area contributed by atoms with Gasteiger partial charge in [-0.25, -0.2) is 4.39 Å². The number of halogens is 1. The van der Waals surface area contributed by atoms with Crippen LogP contribution in [-0.2, 0) is 0 Å². The van der Waals surface area contributed by atoms with Crippen LogP contribution in [0.1, 0.15) is 0 Å². The Morgan fingerprint density at radius 2 is 2.19 bits per heavy atom. The largest absolute Gasteiger partial charge is 0.489 e.